The maximum Gasteiger partial charge on any atom is 0.308 e. The molecule has 0 bridgehead atoms. The maximum atomic E-state index is 12.5. The number of carbonyl (C=O) groups excluding carboxylic acids is 3. The normalized spacial score (nSPS) is 18.3. The summed E-state index contributed by atoms with van der Waals surface area (Å²) < 4.78 is 5.03. The van der Waals surface area contributed by atoms with Gasteiger partial charge >= 0.3 is 5.97 Å². The number of piperidine rings is 1. The summed E-state index contributed by atoms with van der Waals surface area (Å²) in [5.74, 6) is 0.601. The van der Waals surface area contributed by atoms with E-state index in [4.69, 9.17) is 4.74 Å². The summed E-state index contributed by atoms with van der Waals surface area (Å²) >= 11 is 0. The van der Waals surface area contributed by atoms with Crippen LogP contribution in [0.1, 0.15) is 62.2 Å². The molecular weight excluding hydrogens is 344 g/mol. The van der Waals surface area contributed by atoms with Crippen LogP contribution < -0.4 is 10.1 Å². The van der Waals surface area contributed by atoms with Gasteiger partial charge in [0.05, 0.1) is 0 Å². The van der Waals surface area contributed by atoms with Gasteiger partial charge in [-0.25, -0.2) is 0 Å². The first-order valence-electron chi connectivity index (χ1n) is 9.88. The van der Waals surface area contributed by atoms with Gasteiger partial charge in [0.25, 0.3) is 5.91 Å². The van der Waals surface area contributed by atoms with E-state index in [9.17, 15) is 14.4 Å². The second kappa shape index (κ2) is 9.02. The maximum absolute atomic E-state index is 12.5. The van der Waals surface area contributed by atoms with Crippen molar-refractivity contribution in [2.24, 2.45) is 5.92 Å². The predicted octanol–water partition coefficient (Wildman–Crippen LogP) is 2.91. The second-order valence-electron chi connectivity index (χ2n) is 7.60. The smallest absolute Gasteiger partial charge is 0.308 e. The fourth-order valence-electron chi connectivity index (χ4n) is 4.00. The van der Waals surface area contributed by atoms with E-state index in [-0.39, 0.29) is 17.9 Å². The Hall–Kier alpha value is -2.37. The summed E-state index contributed by atoms with van der Waals surface area (Å²) in [7, 11) is 0. The summed E-state index contributed by atoms with van der Waals surface area (Å²) in [6.07, 6.45) is 7.10. The standard InChI is InChI=1S/C21H28N2O4/c1-15(24)27-19-8-4-7-17(14-19)21(26)22-18-9-11-23(12-10-18)20(25)13-16-5-2-3-6-16/h4,7-8,14,16,18H,2-3,5-6,9-13H2,1H3,(H,22,26). The Morgan fingerprint density at radius 3 is 2.48 bits per heavy atom. The van der Waals surface area contributed by atoms with Gasteiger partial charge in [-0.15, -0.1) is 0 Å². The minimum absolute atomic E-state index is 0.0606. The highest BCUT2D eigenvalue weighted by Crippen LogP contribution is 2.28. The van der Waals surface area contributed by atoms with Gasteiger partial charge in [0.1, 0.15) is 5.75 Å². The Balaban J connectivity index is 1.46. The predicted molar refractivity (Wildman–Crippen MR) is 101 cm³/mol. The zero-order valence-corrected chi connectivity index (χ0v) is 15.9. The molecule has 0 unspecified atom stereocenters. The third-order valence-electron chi connectivity index (χ3n) is 5.48. The van der Waals surface area contributed by atoms with E-state index in [1.54, 1.807) is 24.3 Å². The van der Waals surface area contributed by atoms with Crippen LogP contribution in [0.15, 0.2) is 24.3 Å². The van der Waals surface area contributed by atoms with E-state index in [2.05, 4.69) is 5.32 Å². The Kier molecular flexibility index (Phi) is 6.48. The van der Waals surface area contributed by atoms with E-state index >= 15 is 0 Å². The van der Waals surface area contributed by atoms with Crippen molar-refractivity contribution in [2.45, 2.75) is 57.9 Å². The van der Waals surface area contributed by atoms with Gasteiger partial charge in [0, 0.05) is 38.0 Å². The molecule has 6 nitrogen and oxygen atoms in total. The van der Waals surface area contributed by atoms with Crippen molar-refractivity contribution in [3.8, 4) is 5.75 Å². The number of nitrogens with zero attached hydrogens (tertiary/aromatic N) is 1. The van der Waals surface area contributed by atoms with Gasteiger partial charge < -0.3 is 15.0 Å². The van der Waals surface area contributed by atoms with Crippen molar-refractivity contribution in [1.29, 1.82) is 0 Å². The molecule has 1 heterocycles. The van der Waals surface area contributed by atoms with Crippen molar-refractivity contribution >= 4 is 17.8 Å². The summed E-state index contributed by atoms with van der Waals surface area (Å²) in [6.45, 7) is 2.72. The van der Waals surface area contributed by atoms with Crippen molar-refractivity contribution in [3.05, 3.63) is 29.8 Å². The average molecular weight is 372 g/mol. The monoisotopic (exact) mass is 372 g/mol. The quantitative estimate of drug-likeness (QED) is 0.637. The summed E-state index contributed by atoms with van der Waals surface area (Å²) in [5, 5.41) is 3.03. The molecule has 1 aliphatic heterocycles. The van der Waals surface area contributed by atoms with Gasteiger partial charge in [-0.1, -0.05) is 18.9 Å². The van der Waals surface area contributed by atoms with Crippen LogP contribution in [0.5, 0.6) is 5.75 Å². The molecule has 0 atom stereocenters. The van der Waals surface area contributed by atoms with Crippen LogP contribution in [0.4, 0.5) is 0 Å². The topological polar surface area (TPSA) is 75.7 Å². The number of hydrogen-bond donors (Lipinski definition) is 1. The van der Waals surface area contributed by atoms with Crippen LogP contribution in [0.25, 0.3) is 0 Å². The first kappa shape index (κ1) is 19.4. The lowest BCUT2D eigenvalue weighted by atomic mass is 10.0. The molecule has 1 aromatic carbocycles. The van der Waals surface area contributed by atoms with Crippen LogP contribution in [-0.2, 0) is 9.59 Å². The highest BCUT2D eigenvalue weighted by Gasteiger charge is 2.26. The third-order valence-corrected chi connectivity index (χ3v) is 5.48. The minimum atomic E-state index is -0.415. The molecule has 1 saturated heterocycles. The Morgan fingerprint density at radius 2 is 1.81 bits per heavy atom. The molecule has 0 radical (unpaired) electrons. The highest BCUT2D eigenvalue weighted by atomic mass is 16.5. The SMILES string of the molecule is CC(=O)Oc1cccc(C(=O)NC2CCN(C(=O)CC3CCCC3)CC2)c1. The van der Waals surface area contributed by atoms with E-state index < -0.39 is 5.97 Å². The molecular formula is C21H28N2O4. The largest absolute Gasteiger partial charge is 0.427 e. The van der Waals surface area contributed by atoms with E-state index in [0.29, 0.717) is 36.7 Å². The molecule has 2 amide bonds. The number of amides is 2. The minimum Gasteiger partial charge on any atom is -0.427 e. The molecule has 146 valence electrons. The van der Waals surface area contributed by atoms with Gasteiger partial charge in [-0.05, 0) is 49.8 Å². The van der Waals surface area contributed by atoms with Crippen LogP contribution in [-0.4, -0.2) is 41.8 Å². The lowest BCUT2D eigenvalue weighted by Crippen LogP contribution is -2.46. The van der Waals surface area contributed by atoms with Crippen LogP contribution in [0, 0.1) is 5.92 Å². The fourth-order valence-corrected chi connectivity index (χ4v) is 4.00. The number of carbonyl (C=O) groups is 3. The zero-order valence-electron chi connectivity index (χ0n) is 15.9. The van der Waals surface area contributed by atoms with Crippen molar-refractivity contribution < 1.29 is 19.1 Å². The molecule has 1 N–H and O–H groups in total. The number of benzene rings is 1. The molecule has 0 spiro atoms. The Labute approximate surface area is 160 Å². The molecule has 0 aromatic heterocycles. The van der Waals surface area contributed by atoms with Crippen molar-refractivity contribution in [2.75, 3.05) is 13.1 Å². The van der Waals surface area contributed by atoms with Crippen molar-refractivity contribution in [1.82, 2.24) is 10.2 Å². The number of nitrogens with one attached hydrogen (secondary N) is 1. The number of ether oxygens (including phenoxy) is 1. The second-order valence-corrected chi connectivity index (χ2v) is 7.60. The summed E-state index contributed by atoms with van der Waals surface area (Å²) in [6, 6.07) is 6.66. The van der Waals surface area contributed by atoms with Crippen LogP contribution in [0.2, 0.25) is 0 Å². The molecule has 2 aliphatic rings. The fraction of sp³-hybridized carbons (Fsp3) is 0.571. The Bertz CT molecular complexity index is 689. The number of likely N-dealkylation sites (tertiary alicyclic amines) is 1. The van der Waals surface area contributed by atoms with E-state index in [0.717, 1.165) is 12.8 Å². The Morgan fingerprint density at radius 1 is 1.11 bits per heavy atom. The molecule has 2 fully saturated rings. The van der Waals surface area contributed by atoms with Crippen molar-refractivity contribution in [3.63, 3.8) is 0 Å². The van der Waals surface area contributed by atoms with Gasteiger partial charge in [0.15, 0.2) is 0 Å². The van der Waals surface area contributed by atoms with Crippen LogP contribution >= 0.6 is 0 Å². The number of hydrogen-bond acceptors (Lipinski definition) is 4. The lowest BCUT2D eigenvalue weighted by molar-refractivity contribution is -0.133. The third kappa shape index (κ3) is 5.55. The van der Waals surface area contributed by atoms with E-state index in [1.165, 1.54) is 32.6 Å². The molecule has 1 saturated carbocycles. The molecule has 27 heavy (non-hydrogen) atoms. The van der Waals surface area contributed by atoms with Gasteiger partial charge in [-0.3, -0.25) is 14.4 Å². The molecule has 6 heteroatoms. The van der Waals surface area contributed by atoms with Gasteiger partial charge in [0.2, 0.25) is 5.91 Å². The van der Waals surface area contributed by atoms with E-state index in [1.807, 2.05) is 4.90 Å². The number of rotatable bonds is 5. The highest BCUT2D eigenvalue weighted by molar-refractivity contribution is 5.95. The average Bonchev–Trinajstić information content (AvgIpc) is 3.15. The molecule has 1 aromatic rings. The lowest BCUT2D eigenvalue weighted by Gasteiger charge is -2.33. The first-order valence-corrected chi connectivity index (χ1v) is 9.88. The summed E-state index contributed by atoms with van der Waals surface area (Å²) in [5.41, 5.74) is 0.466. The van der Waals surface area contributed by atoms with Gasteiger partial charge in [-0.2, -0.15) is 0 Å². The first-order chi connectivity index (χ1) is 13.0. The molecule has 3 rings (SSSR count). The zero-order chi connectivity index (χ0) is 19.2. The van der Waals surface area contributed by atoms with Crippen LogP contribution in [0.3, 0.4) is 0 Å². The summed E-state index contributed by atoms with van der Waals surface area (Å²) in [4.78, 5) is 37.9. The molecule has 1 aliphatic carbocycles. The number of esters is 1.